The zero-order valence-electron chi connectivity index (χ0n) is 18.7. The Bertz CT molecular complexity index is 500. The Morgan fingerprint density at radius 2 is 1.46 bits per heavy atom. The lowest BCUT2D eigenvalue weighted by Crippen LogP contribution is -2.32. The first kappa shape index (κ1) is 24.9. The molecule has 2 fully saturated rings. The lowest BCUT2D eigenvalue weighted by Gasteiger charge is -2.37. The lowest BCUT2D eigenvalue weighted by atomic mass is 9.74. The Kier molecular flexibility index (Phi) is 11.7. The van der Waals surface area contributed by atoms with Crippen LogP contribution in [0.25, 0.3) is 0 Å². The number of rotatable bonds is 7. The van der Waals surface area contributed by atoms with E-state index in [0.29, 0.717) is 24.5 Å². The van der Waals surface area contributed by atoms with E-state index in [1.807, 2.05) is 13.8 Å². The highest BCUT2D eigenvalue weighted by Gasteiger charge is 2.31. The van der Waals surface area contributed by atoms with E-state index >= 15 is 0 Å². The maximum Gasteiger partial charge on any atom is 0.199 e. The lowest BCUT2D eigenvalue weighted by molar-refractivity contribution is -0.0411. The van der Waals surface area contributed by atoms with Crippen molar-refractivity contribution in [2.24, 2.45) is 17.8 Å². The molecule has 0 bridgehead atoms. The second-order valence-electron chi connectivity index (χ2n) is 7.74. The monoisotopic (exact) mass is 402 g/mol. The van der Waals surface area contributed by atoms with Gasteiger partial charge in [0.1, 0.15) is 11.5 Å². The number of ether oxygens (including phenoxy) is 3. The first-order valence-corrected chi connectivity index (χ1v) is 11.0. The average molecular weight is 403 g/mol. The van der Waals surface area contributed by atoms with Gasteiger partial charge in [0, 0.05) is 0 Å². The van der Waals surface area contributed by atoms with E-state index in [4.69, 9.17) is 14.2 Å². The third kappa shape index (κ3) is 7.38. The largest absolute Gasteiger partial charge is 0.498 e. The highest BCUT2D eigenvalue weighted by molar-refractivity contribution is 5.23. The van der Waals surface area contributed by atoms with E-state index in [9.17, 15) is 8.78 Å². The van der Waals surface area contributed by atoms with Gasteiger partial charge in [0.05, 0.1) is 26.4 Å². The summed E-state index contributed by atoms with van der Waals surface area (Å²) >= 11 is 0. The van der Waals surface area contributed by atoms with E-state index in [0.717, 1.165) is 31.8 Å². The van der Waals surface area contributed by atoms with Crippen molar-refractivity contribution in [2.45, 2.75) is 85.7 Å². The summed E-state index contributed by atoms with van der Waals surface area (Å²) in [5.41, 5.74) is 0. The third-order valence-electron chi connectivity index (χ3n) is 6.07. The predicted molar refractivity (Wildman–Crippen MR) is 110 cm³/mol. The Balaban J connectivity index is 0.00000190. The molecule has 0 amide bonds. The van der Waals surface area contributed by atoms with Gasteiger partial charge in [-0.2, -0.15) is 8.78 Å². The van der Waals surface area contributed by atoms with Gasteiger partial charge in [-0.05, 0) is 76.5 Å². The summed E-state index contributed by atoms with van der Waals surface area (Å²) in [7, 11) is 1.32. The molecule has 1 saturated heterocycles. The van der Waals surface area contributed by atoms with Crippen molar-refractivity contribution in [1.82, 2.24) is 0 Å². The number of halogens is 2. The molecular weight excluding hydrogens is 362 g/mol. The molecule has 2 rings (SSSR count). The molecule has 1 saturated carbocycles. The van der Waals surface area contributed by atoms with Gasteiger partial charge in [-0.25, -0.2) is 0 Å². The Hall–Kier alpha value is -1.10. The number of methoxy groups -OCH3 is 1. The van der Waals surface area contributed by atoms with E-state index in [-0.39, 0.29) is 11.5 Å². The van der Waals surface area contributed by atoms with Gasteiger partial charge in [-0.3, -0.25) is 0 Å². The third-order valence-corrected chi connectivity index (χ3v) is 6.07. The predicted octanol–water partition coefficient (Wildman–Crippen LogP) is 7.09. The van der Waals surface area contributed by atoms with Gasteiger partial charge in [0.25, 0.3) is 0 Å². The molecular formula is C23H40F2O3. The molecule has 0 N–H and O–H groups in total. The zero-order valence-corrected chi connectivity index (χ0v) is 18.7. The molecule has 1 aliphatic carbocycles. The maximum absolute atomic E-state index is 14.0. The molecule has 28 heavy (non-hydrogen) atoms. The van der Waals surface area contributed by atoms with Crippen molar-refractivity contribution in [3.05, 3.63) is 23.2 Å². The van der Waals surface area contributed by atoms with Gasteiger partial charge in [0.2, 0.25) is 0 Å². The topological polar surface area (TPSA) is 27.7 Å². The SMILES string of the molecule is CC.CCC1CCC(C2CCC(CO/C(C)=C(F)/C(F)=C(\C)OC)CC2)CO1. The van der Waals surface area contributed by atoms with Gasteiger partial charge < -0.3 is 14.2 Å². The minimum absolute atomic E-state index is 0.00712. The minimum Gasteiger partial charge on any atom is -0.498 e. The first-order valence-electron chi connectivity index (χ1n) is 11.0. The maximum atomic E-state index is 14.0. The molecule has 0 spiro atoms. The summed E-state index contributed by atoms with van der Waals surface area (Å²) in [6, 6.07) is 0. The van der Waals surface area contributed by atoms with Crippen molar-refractivity contribution in [1.29, 1.82) is 0 Å². The molecule has 1 aliphatic heterocycles. The van der Waals surface area contributed by atoms with E-state index in [1.54, 1.807) is 0 Å². The van der Waals surface area contributed by atoms with Crippen LogP contribution in [-0.4, -0.2) is 26.4 Å². The summed E-state index contributed by atoms with van der Waals surface area (Å²) in [6.07, 6.45) is 8.57. The van der Waals surface area contributed by atoms with Gasteiger partial charge in [-0.1, -0.05) is 20.8 Å². The standard InChI is InChI=1S/C21H34F2O3.C2H6/c1-5-19-11-10-18(13-26-19)17-8-6-16(7-9-17)12-25-15(3)21(23)20(22)14(2)24-4;1-2/h16-19H,5-13H2,1-4H3;1-2H3/b20-14-,21-15-;. The Labute approximate surface area is 170 Å². The second kappa shape index (κ2) is 13.2. The quantitative estimate of drug-likeness (QED) is 0.336. The number of allylic oxidation sites excluding steroid dienone is 4. The van der Waals surface area contributed by atoms with Crippen LogP contribution in [-0.2, 0) is 14.2 Å². The second-order valence-corrected chi connectivity index (χ2v) is 7.74. The summed E-state index contributed by atoms with van der Waals surface area (Å²) in [5.74, 6) is -0.202. The fourth-order valence-electron chi connectivity index (χ4n) is 4.05. The molecule has 3 nitrogen and oxygen atoms in total. The van der Waals surface area contributed by atoms with E-state index in [2.05, 4.69) is 6.92 Å². The minimum atomic E-state index is -0.989. The molecule has 0 radical (unpaired) electrons. The Morgan fingerprint density at radius 3 is 1.96 bits per heavy atom. The highest BCUT2D eigenvalue weighted by atomic mass is 19.2. The van der Waals surface area contributed by atoms with E-state index in [1.165, 1.54) is 46.6 Å². The normalized spacial score (nSPS) is 29.7. The molecule has 164 valence electrons. The van der Waals surface area contributed by atoms with Gasteiger partial charge in [-0.15, -0.1) is 0 Å². The fourth-order valence-corrected chi connectivity index (χ4v) is 4.05. The highest BCUT2D eigenvalue weighted by Crippen LogP contribution is 2.38. The molecule has 5 heteroatoms. The fraction of sp³-hybridized carbons (Fsp3) is 0.826. The van der Waals surface area contributed by atoms with Crippen molar-refractivity contribution in [3.8, 4) is 0 Å². The van der Waals surface area contributed by atoms with Crippen LogP contribution in [0.2, 0.25) is 0 Å². The van der Waals surface area contributed by atoms with Crippen molar-refractivity contribution in [2.75, 3.05) is 20.3 Å². The summed E-state index contributed by atoms with van der Waals surface area (Å²) < 4.78 is 43.9. The van der Waals surface area contributed by atoms with Crippen LogP contribution in [0.5, 0.6) is 0 Å². The molecule has 1 heterocycles. The number of hydrogen-bond acceptors (Lipinski definition) is 3. The van der Waals surface area contributed by atoms with Gasteiger partial charge in [0.15, 0.2) is 11.7 Å². The molecule has 2 unspecified atom stereocenters. The molecule has 0 aromatic carbocycles. The van der Waals surface area contributed by atoms with Crippen molar-refractivity contribution >= 4 is 0 Å². The summed E-state index contributed by atoms with van der Waals surface area (Å²) in [6.45, 7) is 10.4. The molecule has 2 aliphatic rings. The van der Waals surface area contributed by atoms with Crippen LogP contribution in [0.15, 0.2) is 23.2 Å². The summed E-state index contributed by atoms with van der Waals surface area (Å²) in [4.78, 5) is 0. The molecule has 0 aromatic heterocycles. The van der Waals surface area contributed by atoms with Crippen LogP contribution in [0.3, 0.4) is 0 Å². The smallest absolute Gasteiger partial charge is 0.199 e. The summed E-state index contributed by atoms with van der Waals surface area (Å²) in [5, 5.41) is 0. The van der Waals surface area contributed by atoms with Crippen LogP contribution in [0, 0.1) is 17.8 Å². The van der Waals surface area contributed by atoms with Crippen LogP contribution >= 0.6 is 0 Å². The molecule has 0 aromatic rings. The van der Waals surface area contributed by atoms with Crippen molar-refractivity contribution in [3.63, 3.8) is 0 Å². The first-order chi connectivity index (χ1) is 13.5. The van der Waals surface area contributed by atoms with Crippen LogP contribution < -0.4 is 0 Å². The van der Waals surface area contributed by atoms with Gasteiger partial charge >= 0.3 is 0 Å². The van der Waals surface area contributed by atoms with E-state index < -0.39 is 11.7 Å². The zero-order chi connectivity index (χ0) is 21.1. The molecule has 2 atom stereocenters. The van der Waals surface area contributed by atoms with Crippen LogP contribution in [0.4, 0.5) is 8.78 Å². The number of hydrogen-bond donors (Lipinski definition) is 0. The Morgan fingerprint density at radius 1 is 0.893 bits per heavy atom. The van der Waals surface area contributed by atoms with Crippen LogP contribution in [0.1, 0.15) is 79.6 Å². The van der Waals surface area contributed by atoms with Crippen molar-refractivity contribution < 1.29 is 23.0 Å². The average Bonchev–Trinajstić information content (AvgIpc) is 2.77.